The topological polar surface area (TPSA) is 94.4 Å². The number of nitro benzene ring substituents is 1. The van der Waals surface area contributed by atoms with Crippen molar-refractivity contribution in [3.05, 3.63) is 68.1 Å². The Balaban J connectivity index is 1.85. The molecule has 2 aromatic carbocycles. The van der Waals surface area contributed by atoms with Gasteiger partial charge in [-0.2, -0.15) is 0 Å². The van der Waals surface area contributed by atoms with E-state index in [1.807, 2.05) is 26.0 Å². The lowest BCUT2D eigenvalue weighted by molar-refractivity contribution is -0.385. The second-order valence-electron chi connectivity index (χ2n) is 6.55. The van der Waals surface area contributed by atoms with E-state index in [1.54, 1.807) is 6.92 Å². The van der Waals surface area contributed by atoms with Crippen LogP contribution in [0.25, 0.3) is 11.3 Å². The van der Waals surface area contributed by atoms with Crippen molar-refractivity contribution in [3.8, 4) is 17.0 Å². The molecule has 0 unspecified atom stereocenters. The van der Waals surface area contributed by atoms with Gasteiger partial charge >= 0.3 is 5.69 Å². The minimum Gasteiger partial charge on any atom is -0.487 e. The van der Waals surface area contributed by atoms with Gasteiger partial charge in [-0.25, -0.2) is 4.98 Å². The zero-order valence-corrected chi connectivity index (χ0v) is 17.4. The molecule has 0 bridgehead atoms. The maximum atomic E-state index is 12.6. The second-order valence-corrected chi connectivity index (χ2v) is 7.75. The van der Waals surface area contributed by atoms with Crippen LogP contribution in [0.15, 0.2) is 36.4 Å². The lowest BCUT2D eigenvalue weighted by atomic mass is 10.0. The lowest BCUT2D eigenvalue weighted by Crippen LogP contribution is -2.12. The van der Waals surface area contributed by atoms with Crippen molar-refractivity contribution >= 4 is 28.1 Å². The zero-order chi connectivity index (χ0) is 21.1. The van der Waals surface area contributed by atoms with Gasteiger partial charge in [0.15, 0.2) is 10.9 Å². The number of anilines is 1. The van der Waals surface area contributed by atoms with Gasteiger partial charge in [-0.15, -0.1) is 11.3 Å². The Labute approximate surface area is 172 Å². The van der Waals surface area contributed by atoms with Crippen LogP contribution in [0.4, 0.5) is 10.8 Å². The van der Waals surface area contributed by atoms with Crippen molar-refractivity contribution in [1.29, 1.82) is 0 Å². The van der Waals surface area contributed by atoms with E-state index >= 15 is 0 Å². The molecule has 0 saturated carbocycles. The number of aryl methyl sites for hydroxylation is 3. The van der Waals surface area contributed by atoms with Crippen LogP contribution >= 0.6 is 11.3 Å². The summed E-state index contributed by atoms with van der Waals surface area (Å²) < 4.78 is 5.25. The highest BCUT2D eigenvalue weighted by molar-refractivity contribution is 7.16. The highest BCUT2D eigenvalue weighted by Crippen LogP contribution is 2.32. The maximum Gasteiger partial charge on any atom is 0.311 e. The first-order chi connectivity index (χ1) is 13.8. The molecule has 0 atom stereocenters. The van der Waals surface area contributed by atoms with Crippen LogP contribution in [0.5, 0.6) is 5.75 Å². The first-order valence-electron chi connectivity index (χ1n) is 9.07. The average Bonchev–Trinajstić information content (AvgIpc) is 3.04. The number of carbonyl (C=O) groups excluding carboxylic acids is 1. The van der Waals surface area contributed by atoms with Crippen molar-refractivity contribution in [2.45, 2.75) is 27.7 Å². The quantitative estimate of drug-likeness (QED) is 0.439. The number of nitrogens with zero attached hydrogens (tertiary/aromatic N) is 2. The van der Waals surface area contributed by atoms with E-state index < -0.39 is 10.8 Å². The van der Waals surface area contributed by atoms with Crippen LogP contribution in [0, 0.1) is 30.9 Å². The Morgan fingerprint density at radius 1 is 1.17 bits per heavy atom. The van der Waals surface area contributed by atoms with E-state index in [-0.39, 0.29) is 17.0 Å². The minimum absolute atomic E-state index is 0.135. The molecule has 29 heavy (non-hydrogen) atoms. The molecule has 7 nitrogen and oxygen atoms in total. The van der Waals surface area contributed by atoms with Crippen LogP contribution in [-0.4, -0.2) is 22.4 Å². The minimum atomic E-state index is -0.562. The second kappa shape index (κ2) is 8.40. The van der Waals surface area contributed by atoms with Gasteiger partial charge in [-0.05, 0) is 57.0 Å². The Hall–Kier alpha value is -3.26. The fraction of sp³-hybridized carbons (Fsp3) is 0.238. The lowest BCUT2D eigenvalue weighted by Gasteiger charge is -2.06. The van der Waals surface area contributed by atoms with Crippen molar-refractivity contribution in [2.75, 3.05) is 11.9 Å². The maximum absolute atomic E-state index is 12.6. The van der Waals surface area contributed by atoms with Gasteiger partial charge in [0.1, 0.15) is 0 Å². The summed E-state index contributed by atoms with van der Waals surface area (Å²) in [5.74, 6) is -0.326. The third-order valence-corrected chi connectivity index (χ3v) is 5.40. The van der Waals surface area contributed by atoms with Gasteiger partial charge in [0, 0.05) is 22.1 Å². The number of amides is 1. The van der Waals surface area contributed by atoms with Crippen molar-refractivity contribution in [1.82, 2.24) is 4.98 Å². The highest BCUT2D eigenvalue weighted by atomic mass is 32.1. The molecule has 150 valence electrons. The summed E-state index contributed by atoms with van der Waals surface area (Å²) in [7, 11) is 0. The van der Waals surface area contributed by atoms with E-state index in [1.165, 1.54) is 40.7 Å². The summed E-state index contributed by atoms with van der Waals surface area (Å²) in [5, 5.41) is 14.4. The molecular formula is C21H21N3O4S. The molecule has 1 amide bonds. The van der Waals surface area contributed by atoms with Crippen LogP contribution in [0.1, 0.15) is 33.3 Å². The molecule has 0 aliphatic carbocycles. The number of thiazole rings is 1. The molecule has 3 aromatic rings. The van der Waals surface area contributed by atoms with E-state index in [2.05, 4.69) is 23.3 Å². The number of benzene rings is 2. The smallest absolute Gasteiger partial charge is 0.311 e. The molecule has 1 heterocycles. The third kappa shape index (κ3) is 4.43. The van der Waals surface area contributed by atoms with E-state index in [4.69, 9.17) is 4.74 Å². The molecule has 0 aliphatic heterocycles. The molecule has 1 N–H and O–H groups in total. The fourth-order valence-corrected chi connectivity index (χ4v) is 3.69. The van der Waals surface area contributed by atoms with E-state index in [0.29, 0.717) is 11.7 Å². The molecule has 8 heteroatoms. The molecule has 3 rings (SSSR count). The number of hydrogen-bond acceptors (Lipinski definition) is 6. The highest BCUT2D eigenvalue weighted by Gasteiger charge is 2.20. The monoisotopic (exact) mass is 411 g/mol. The van der Waals surface area contributed by atoms with Gasteiger partial charge in [0.2, 0.25) is 0 Å². The molecule has 0 saturated heterocycles. The van der Waals surface area contributed by atoms with Crippen LogP contribution in [0.3, 0.4) is 0 Å². The Bertz CT molecular complexity index is 1090. The third-order valence-electron chi connectivity index (χ3n) is 4.52. The summed E-state index contributed by atoms with van der Waals surface area (Å²) in [6, 6.07) is 10.3. The van der Waals surface area contributed by atoms with Gasteiger partial charge in [0.05, 0.1) is 17.2 Å². The Morgan fingerprint density at radius 3 is 2.59 bits per heavy atom. The summed E-state index contributed by atoms with van der Waals surface area (Å²) in [6.07, 6.45) is 0. The molecule has 1 aromatic heterocycles. The normalized spacial score (nSPS) is 10.6. The van der Waals surface area contributed by atoms with Gasteiger partial charge in [-0.3, -0.25) is 20.2 Å². The average molecular weight is 411 g/mol. The number of ether oxygens (including phenoxy) is 1. The van der Waals surface area contributed by atoms with Gasteiger partial charge in [-0.1, -0.05) is 12.1 Å². The molecule has 0 radical (unpaired) electrons. The SMILES string of the molecule is CCOc1ccc(C(=O)Nc2nc(-c3ccc(C)c(C)c3)c(C)s2)cc1[N+](=O)[O-]. The Kier molecular flexibility index (Phi) is 5.93. The Morgan fingerprint density at radius 2 is 1.93 bits per heavy atom. The van der Waals surface area contributed by atoms with E-state index in [9.17, 15) is 14.9 Å². The largest absolute Gasteiger partial charge is 0.487 e. The standard InChI is InChI=1S/C21H21N3O4S/c1-5-28-18-9-8-16(11-17(18)24(26)27)20(25)23-21-22-19(14(4)29-21)15-7-6-12(2)13(3)10-15/h6-11H,5H2,1-4H3,(H,22,23,25). The summed E-state index contributed by atoms with van der Waals surface area (Å²) in [6.45, 7) is 8.07. The molecule has 0 fully saturated rings. The molecular weight excluding hydrogens is 390 g/mol. The summed E-state index contributed by atoms with van der Waals surface area (Å²) in [5.41, 5.74) is 4.09. The predicted molar refractivity (Wildman–Crippen MR) is 114 cm³/mol. The van der Waals surface area contributed by atoms with Crippen LogP contribution in [-0.2, 0) is 0 Å². The van der Waals surface area contributed by atoms with Crippen molar-refractivity contribution < 1.29 is 14.5 Å². The van der Waals surface area contributed by atoms with Gasteiger partial charge in [0.25, 0.3) is 5.91 Å². The first kappa shape index (κ1) is 20.5. The van der Waals surface area contributed by atoms with Crippen LogP contribution in [0.2, 0.25) is 0 Å². The van der Waals surface area contributed by atoms with E-state index in [0.717, 1.165) is 16.1 Å². The summed E-state index contributed by atoms with van der Waals surface area (Å²) in [4.78, 5) is 28.8. The molecule has 0 aliphatic rings. The van der Waals surface area contributed by atoms with Gasteiger partial charge < -0.3 is 4.74 Å². The number of nitrogens with one attached hydrogen (secondary N) is 1. The number of nitro groups is 1. The predicted octanol–water partition coefficient (Wildman–Crippen LogP) is 5.29. The number of aromatic nitrogens is 1. The first-order valence-corrected chi connectivity index (χ1v) is 9.89. The summed E-state index contributed by atoms with van der Waals surface area (Å²) >= 11 is 1.36. The van der Waals surface area contributed by atoms with Crippen molar-refractivity contribution in [3.63, 3.8) is 0 Å². The zero-order valence-electron chi connectivity index (χ0n) is 16.6. The number of hydrogen-bond donors (Lipinski definition) is 1. The molecule has 0 spiro atoms. The number of carbonyl (C=O) groups is 1. The van der Waals surface area contributed by atoms with Crippen LogP contribution < -0.4 is 10.1 Å². The number of rotatable bonds is 6. The fourth-order valence-electron chi connectivity index (χ4n) is 2.85. The van der Waals surface area contributed by atoms with Crippen molar-refractivity contribution in [2.24, 2.45) is 0 Å².